The first-order valence-corrected chi connectivity index (χ1v) is 7.29. The van der Waals surface area contributed by atoms with Gasteiger partial charge >= 0.3 is 0 Å². The van der Waals surface area contributed by atoms with Crippen LogP contribution in [0.4, 0.5) is 0 Å². The lowest BCUT2D eigenvalue weighted by molar-refractivity contribution is 0.0966. The van der Waals surface area contributed by atoms with Crippen LogP contribution >= 0.6 is 34.8 Å². The third-order valence-electron chi connectivity index (χ3n) is 3.68. The van der Waals surface area contributed by atoms with Crippen LogP contribution in [-0.4, -0.2) is 11.1 Å². The lowest BCUT2D eigenvalue weighted by atomic mass is 9.80. The van der Waals surface area contributed by atoms with E-state index >= 15 is 0 Å². The Morgan fingerprint density at radius 1 is 1.11 bits per heavy atom. The summed E-state index contributed by atoms with van der Waals surface area (Å²) in [5, 5.41) is 0.989. The molecule has 0 spiro atoms. The normalized spacial score (nSPS) is 28.2. The van der Waals surface area contributed by atoms with E-state index < -0.39 is 0 Å². The maximum atomic E-state index is 6.06. The SMILES string of the molecule is CC1CCC(Oc2nc(Cl)c(Cl)cc2Cl)CC1C. The summed E-state index contributed by atoms with van der Waals surface area (Å²) in [7, 11) is 0. The predicted octanol–water partition coefficient (Wildman–Crippen LogP) is 5.25. The highest BCUT2D eigenvalue weighted by atomic mass is 35.5. The smallest absolute Gasteiger partial charge is 0.234 e. The summed E-state index contributed by atoms with van der Waals surface area (Å²) in [6.07, 6.45) is 3.40. The maximum absolute atomic E-state index is 6.06. The summed E-state index contributed by atoms with van der Waals surface area (Å²) < 4.78 is 5.85. The summed E-state index contributed by atoms with van der Waals surface area (Å²) in [6, 6.07) is 1.57. The standard InChI is InChI=1S/C13H16Cl3NO/c1-7-3-4-9(5-8(7)2)18-13-11(15)6-10(14)12(16)17-13/h6-9H,3-5H2,1-2H3. The van der Waals surface area contributed by atoms with Gasteiger partial charge in [-0.05, 0) is 37.2 Å². The van der Waals surface area contributed by atoms with Gasteiger partial charge in [-0.2, -0.15) is 4.98 Å². The van der Waals surface area contributed by atoms with Gasteiger partial charge in [-0.25, -0.2) is 0 Å². The molecule has 0 bridgehead atoms. The molecule has 2 nitrogen and oxygen atoms in total. The lowest BCUT2D eigenvalue weighted by Crippen LogP contribution is -2.29. The quantitative estimate of drug-likeness (QED) is 0.697. The Labute approximate surface area is 123 Å². The van der Waals surface area contributed by atoms with Crippen molar-refractivity contribution < 1.29 is 4.74 Å². The second kappa shape index (κ2) is 5.85. The predicted molar refractivity (Wildman–Crippen MR) is 75.9 cm³/mol. The molecule has 0 aromatic carbocycles. The number of rotatable bonds is 2. The second-order valence-corrected chi connectivity index (χ2v) is 6.23. The Bertz CT molecular complexity index is 438. The molecule has 100 valence electrons. The van der Waals surface area contributed by atoms with Gasteiger partial charge in [0.2, 0.25) is 5.88 Å². The van der Waals surface area contributed by atoms with E-state index in [0.717, 1.165) is 18.8 Å². The van der Waals surface area contributed by atoms with Gasteiger partial charge in [0.1, 0.15) is 11.1 Å². The van der Waals surface area contributed by atoms with Crippen molar-refractivity contribution in [1.82, 2.24) is 4.98 Å². The van der Waals surface area contributed by atoms with Gasteiger partial charge in [0.25, 0.3) is 0 Å². The van der Waals surface area contributed by atoms with E-state index in [2.05, 4.69) is 18.8 Å². The number of pyridine rings is 1. The number of halogens is 3. The van der Waals surface area contributed by atoms with Crippen LogP contribution in [0.5, 0.6) is 5.88 Å². The third-order valence-corrected chi connectivity index (χ3v) is 4.63. The van der Waals surface area contributed by atoms with Gasteiger partial charge in [0.05, 0.1) is 5.02 Å². The van der Waals surface area contributed by atoms with Gasteiger partial charge in [-0.3, -0.25) is 0 Å². The third kappa shape index (κ3) is 3.23. The first-order chi connectivity index (χ1) is 8.47. The minimum absolute atomic E-state index is 0.165. The Hall–Kier alpha value is -0.180. The van der Waals surface area contributed by atoms with Crippen LogP contribution in [0.15, 0.2) is 6.07 Å². The number of ether oxygens (including phenoxy) is 1. The van der Waals surface area contributed by atoms with E-state index in [0.29, 0.717) is 21.8 Å². The molecule has 5 heteroatoms. The van der Waals surface area contributed by atoms with Crippen LogP contribution in [0.1, 0.15) is 33.1 Å². The zero-order chi connectivity index (χ0) is 13.3. The van der Waals surface area contributed by atoms with Crippen molar-refractivity contribution in [2.45, 2.75) is 39.2 Å². The van der Waals surface area contributed by atoms with Crippen LogP contribution in [0, 0.1) is 11.8 Å². The number of aromatic nitrogens is 1. The minimum Gasteiger partial charge on any atom is -0.473 e. The molecule has 18 heavy (non-hydrogen) atoms. The number of hydrogen-bond donors (Lipinski definition) is 0. The molecule has 1 aliphatic carbocycles. The average molecular weight is 309 g/mol. The highest BCUT2D eigenvalue weighted by molar-refractivity contribution is 6.42. The van der Waals surface area contributed by atoms with E-state index in [9.17, 15) is 0 Å². The Morgan fingerprint density at radius 3 is 2.50 bits per heavy atom. The van der Waals surface area contributed by atoms with Crippen LogP contribution in [0.25, 0.3) is 0 Å². The molecule has 3 atom stereocenters. The maximum Gasteiger partial charge on any atom is 0.234 e. The first kappa shape index (κ1) is 14.2. The molecule has 0 amide bonds. The summed E-state index contributed by atoms with van der Waals surface area (Å²) in [6.45, 7) is 4.54. The topological polar surface area (TPSA) is 22.1 Å². The van der Waals surface area contributed by atoms with E-state index in [-0.39, 0.29) is 11.3 Å². The number of hydrogen-bond acceptors (Lipinski definition) is 2. The average Bonchev–Trinajstić information content (AvgIpc) is 2.31. The largest absolute Gasteiger partial charge is 0.473 e. The monoisotopic (exact) mass is 307 g/mol. The molecule has 1 fully saturated rings. The summed E-state index contributed by atoms with van der Waals surface area (Å²) in [5.41, 5.74) is 0. The molecular formula is C13H16Cl3NO. The summed E-state index contributed by atoms with van der Waals surface area (Å²) >= 11 is 17.8. The van der Waals surface area contributed by atoms with Crippen molar-refractivity contribution >= 4 is 34.8 Å². The summed E-state index contributed by atoms with van der Waals surface area (Å²) in [4.78, 5) is 4.09. The first-order valence-electron chi connectivity index (χ1n) is 6.15. The highest BCUT2D eigenvalue weighted by Crippen LogP contribution is 2.35. The number of nitrogens with zero attached hydrogens (tertiary/aromatic N) is 1. The van der Waals surface area contributed by atoms with Crippen LogP contribution in [-0.2, 0) is 0 Å². The van der Waals surface area contributed by atoms with Gasteiger partial charge in [-0.15, -0.1) is 0 Å². The van der Waals surface area contributed by atoms with E-state index in [1.54, 1.807) is 6.07 Å². The Balaban J connectivity index is 2.08. The van der Waals surface area contributed by atoms with E-state index in [1.165, 1.54) is 6.42 Å². The molecule has 1 aliphatic rings. The van der Waals surface area contributed by atoms with Crippen molar-refractivity contribution in [3.05, 3.63) is 21.3 Å². The zero-order valence-electron chi connectivity index (χ0n) is 10.4. The fraction of sp³-hybridized carbons (Fsp3) is 0.615. The Kier molecular flexibility index (Phi) is 4.63. The van der Waals surface area contributed by atoms with Crippen LogP contribution < -0.4 is 4.74 Å². The zero-order valence-corrected chi connectivity index (χ0v) is 12.7. The molecule has 0 radical (unpaired) electrons. The van der Waals surface area contributed by atoms with Gasteiger partial charge < -0.3 is 4.74 Å². The van der Waals surface area contributed by atoms with Crippen LogP contribution in [0.3, 0.4) is 0 Å². The molecule has 1 aromatic rings. The fourth-order valence-electron chi connectivity index (χ4n) is 2.27. The van der Waals surface area contributed by atoms with Crippen LogP contribution in [0.2, 0.25) is 15.2 Å². The van der Waals surface area contributed by atoms with Crippen molar-refractivity contribution in [2.24, 2.45) is 11.8 Å². The second-order valence-electron chi connectivity index (χ2n) is 5.06. The van der Waals surface area contributed by atoms with E-state index in [4.69, 9.17) is 39.5 Å². The van der Waals surface area contributed by atoms with Crippen molar-refractivity contribution in [3.63, 3.8) is 0 Å². The van der Waals surface area contributed by atoms with Crippen molar-refractivity contribution in [3.8, 4) is 5.88 Å². The molecule has 2 rings (SSSR count). The molecule has 0 aliphatic heterocycles. The Morgan fingerprint density at radius 2 is 1.83 bits per heavy atom. The van der Waals surface area contributed by atoms with Crippen molar-refractivity contribution in [1.29, 1.82) is 0 Å². The minimum atomic E-state index is 0.165. The lowest BCUT2D eigenvalue weighted by Gasteiger charge is -2.32. The fourth-order valence-corrected chi connectivity index (χ4v) is 2.81. The molecule has 0 N–H and O–H groups in total. The highest BCUT2D eigenvalue weighted by Gasteiger charge is 2.26. The molecule has 0 saturated heterocycles. The molecule has 1 saturated carbocycles. The van der Waals surface area contributed by atoms with Gasteiger partial charge in [-0.1, -0.05) is 48.7 Å². The van der Waals surface area contributed by atoms with E-state index in [1.807, 2.05) is 0 Å². The molecule has 1 aromatic heterocycles. The van der Waals surface area contributed by atoms with Crippen molar-refractivity contribution in [2.75, 3.05) is 0 Å². The molecule has 1 heterocycles. The molecule has 3 unspecified atom stereocenters. The summed E-state index contributed by atoms with van der Waals surface area (Å²) in [5.74, 6) is 1.80. The van der Waals surface area contributed by atoms with Gasteiger partial charge in [0, 0.05) is 0 Å². The van der Waals surface area contributed by atoms with Gasteiger partial charge in [0.15, 0.2) is 5.15 Å². The molecular weight excluding hydrogens is 293 g/mol.